The molecule has 0 radical (unpaired) electrons. The number of thiophene rings is 1. The van der Waals surface area contributed by atoms with Gasteiger partial charge in [0.2, 0.25) is 0 Å². The van der Waals surface area contributed by atoms with Crippen molar-refractivity contribution in [3.05, 3.63) is 107 Å². The lowest BCUT2D eigenvalue weighted by molar-refractivity contribution is 0.475. The van der Waals surface area contributed by atoms with E-state index < -0.39 is 0 Å². The molecule has 2 aromatic heterocycles. The van der Waals surface area contributed by atoms with Crippen molar-refractivity contribution in [1.29, 1.82) is 0 Å². The smallest absolute Gasteiger partial charge is 0.130 e. The molecular formula is C27H19NOS. The lowest BCUT2D eigenvalue weighted by Crippen LogP contribution is -1.92. The molecule has 144 valence electrons. The van der Waals surface area contributed by atoms with E-state index in [9.17, 15) is 5.11 Å². The van der Waals surface area contributed by atoms with Gasteiger partial charge in [-0.05, 0) is 58.3 Å². The van der Waals surface area contributed by atoms with Gasteiger partial charge >= 0.3 is 0 Å². The Morgan fingerprint density at radius 1 is 0.900 bits per heavy atom. The second-order valence-electron chi connectivity index (χ2n) is 7.30. The third-order valence-corrected chi connectivity index (χ3v) is 6.09. The highest BCUT2D eigenvalue weighted by Crippen LogP contribution is 2.30. The fraction of sp³-hybridized carbons (Fsp3) is 0.0741. The normalized spacial score (nSPS) is 10.8. The zero-order valence-corrected chi connectivity index (χ0v) is 17.1. The van der Waals surface area contributed by atoms with Crippen molar-refractivity contribution >= 4 is 32.3 Å². The molecule has 0 bridgehead atoms. The van der Waals surface area contributed by atoms with Crippen molar-refractivity contribution in [3.63, 3.8) is 0 Å². The lowest BCUT2D eigenvalue weighted by Gasteiger charge is -2.08. The number of nitrogens with zero attached hydrogens (tertiary/aromatic N) is 1. The van der Waals surface area contributed by atoms with E-state index in [1.807, 2.05) is 36.4 Å². The van der Waals surface area contributed by atoms with Crippen LogP contribution in [0.3, 0.4) is 0 Å². The monoisotopic (exact) mass is 405 g/mol. The van der Waals surface area contributed by atoms with Gasteiger partial charge in [-0.25, -0.2) is 0 Å². The van der Waals surface area contributed by atoms with Crippen LogP contribution in [0.15, 0.2) is 84.4 Å². The molecule has 0 unspecified atom stereocenters. The molecule has 5 aromatic rings. The average Bonchev–Trinajstić information content (AvgIpc) is 3.25. The summed E-state index contributed by atoms with van der Waals surface area (Å²) in [7, 11) is 0. The van der Waals surface area contributed by atoms with Gasteiger partial charge in [0.05, 0.1) is 5.52 Å². The van der Waals surface area contributed by atoms with E-state index in [0.717, 1.165) is 27.6 Å². The number of fused-ring (bicyclic) bond motifs is 2. The van der Waals surface area contributed by atoms with Gasteiger partial charge < -0.3 is 5.11 Å². The fourth-order valence-electron chi connectivity index (χ4n) is 3.62. The van der Waals surface area contributed by atoms with Crippen LogP contribution in [0.2, 0.25) is 0 Å². The molecule has 2 heterocycles. The molecule has 2 nitrogen and oxygen atoms in total. The molecule has 0 aliphatic rings. The van der Waals surface area contributed by atoms with E-state index in [4.69, 9.17) is 0 Å². The number of aromatic nitrogens is 1. The van der Waals surface area contributed by atoms with Crippen molar-refractivity contribution < 1.29 is 5.11 Å². The number of rotatable bonds is 3. The Morgan fingerprint density at radius 2 is 1.80 bits per heavy atom. The van der Waals surface area contributed by atoms with Gasteiger partial charge in [0.25, 0.3) is 0 Å². The Hall–Kier alpha value is -3.61. The molecule has 3 heteroatoms. The third-order valence-electron chi connectivity index (χ3n) is 5.19. The zero-order valence-electron chi connectivity index (χ0n) is 16.3. The molecular weight excluding hydrogens is 386 g/mol. The first-order valence-corrected chi connectivity index (χ1v) is 10.7. The molecule has 0 aliphatic heterocycles. The summed E-state index contributed by atoms with van der Waals surface area (Å²) in [5.74, 6) is 6.72. The summed E-state index contributed by atoms with van der Waals surface area (Å²) in [5, 5.41) is 15.0. The van der Waals surface area contributed by atoms with Crippen LogP contribution in [0.4, 0.5) is 0 Å². The van der Waals surface area contributed by atoms with E-state index in [0.29, 0.717) is 12.8 Å². The van der Waals surface area contributed by atoms with E-state index in [1.165, 1.54) is 15.6 Å². The summed E-state index contributed by atoms with van der Waals surface area (Å²) in [6, 6.07) is 24.6. The fourth-order valence-corrected chi connectivity index (χ4v) is 4.39. The summed E-state index contributed by atoms with van der Waals surface area (Å²) >= 11 is 1.74. The average molecular weight is 406 g/mol. The van der Waals surface area contributed by atoms with Crippen molar-refractivity contribution in [3.8, 4) is 17.6 Å². The lowest BCUT2D eigenvalue weighted by atomic mass is 10.0. The summed E-state index contributed by atoms with van der Waals surface area (Å²) in [4.78, 5) is 4.55. The van der Waals surface area contributed by atoms with Crippen molar-refractivity contribution in [2.45, 2.75) is 12.8 Å². The molecule has 0 atom stereocenters. The number of aromatic hydroxyl groups is 1. The molecule has 0 saturated carbocycles. The molecule has 3 aromatic carbocycles. The van der Waals surface area contributed by atoms with Crippen LogP contribution < -0.4 is 0 Å². The van der Waals surface area contributed by atoms with Crippen molar-refractivity contribution in [2.75, 3.05) is 0 Å². The predicted molar refractivity (Wildman–Crippen MR) is 125 cm³/mol. The second kappa shape index (κ2) is 8.02. The minimum Gasteiger partial charge on any atom is -0.507 e. The standard InChI is InChI=1S/C27H19NOS/c29-27-23(16-21-10-12-26-22(15-21)13-14-30-26)18-28-25-11-9-20(17-24(25)27)8-4-7-19-5-2-1-3-6-19/h1-3,5-6,9-15,17-18H,7,16H2,(H,28,29). The largest absolute Gasteiger partial charge is 0.507 e. The SMILES string of the molecule is Oc1c(Cc2ccc3sccc3c2)cnc2ccc(C#CCc3ccccc3)cc12. The summed E-state index contributed by atoms with van der Waals surface area (Å²) in [6.45, 7) is 0. The Morgan fingerprint density at radius 3 is 2.70 bits per heavy atom. The summed E-state index contributed by atoms with van der Waals surface area (Å²) < 4.78 is 1.28. The number of hydrogen-bond donors (Lipinski definition) is 1. The molecule has 0 saturated heterocycles. The van der Waals surface area contributed by atoms with Gasteiger partial charge in [-0.3, -0.25) is 4.98 Å². The van der Waals surface area contributed by atoms with Crippen LogP contribution in [0.25, 0.3) is 21.0 Å². The van der Waals surface area contributed by atoms with Crippen LogP contribution in [0.1, 0.15) is 22.3 Å². The minimum atomic E-state index is 0.289. The zero-order chi connectivity index (χ0) is 20.3. The molecule has 30 heavy (non-hydrogen) atoms. The maximum Gasteiger partial charge on any atom is 0.130 e. The van der Waals surface area contributed by atoms with E-state index in [1.54, 1.807) is 17.5 Å². The number of benzene rings is 3. The van der Waals surface area contributed by atoms with E-state index in [-0.39, 0.29) is 5.75 Å². The van der Waals surface area contributed by atoms with E-state index in [2.05, 4.69) is 58.6 Å². The van der Waals surface area contributed by atoms with Crippen molar-refractivity contribution in [2.24, 2.45) is 0 Å². The van der Waals surface area contributed by atoms with Gasteiger partial charge in [0, 0.05) is 40.3 Å². The van der Waals surface area contributed by atoms with Gasteiger partial charge in [0.15, 0.2) is 0 Å². The Balaban J connectivity index is 1.44. The molecule has 5 rings (SSSR count). The molecule has 0 amide bonds. The number of pyridine rings is 1. The van der Waals surface area contributed by atoms with Crippen LogP contribution in [0, 0.1) is 11.8 Å². The van der Waals surface area contributed by atoms with Crippen LogP contribution >= 0.6 is 11.3 Å². The highest BCUT2D eigenvalue weighted by Gasteiger charge is 2.10. The van der Waals surface area contributed by atoms with Gasteiger partial charge in [-0.1, -0.05) is 48.2 Å². The third kappa shape index (κ3) is 3.78. The number of hydrogen-bond acceptors (Lipinski definition) is 3. The molecule has 0 spiro atoms. The van der Waals surface area contributed by atoms with Crippen LogP contribution in [-0.2, 0) is 12.8 Å². The van der Waals surface area contributed by atoms with Gasteiger partial charge in [0.1, 0.15) is 5.75 Å². The summed E-state index contributed by atoms with van der Waals surface area (Å²) in [6.07, 6.45) is 3.12. The predicted octanol–water partition coefficient (Wildman–Crippen LogP) is 6.34. The Kier molecular flexibility index (Phi) is 4.93. The molecule has 1 N–H and O–H groups in total. The molecule has 0 fully saturated rings. The first-order chi connectivity index (χ1) is 14.8. The summed E-state index contributed by atoms with van der Waals surface area (Å²) in [5.41, 5.74) is 4.84. The van der Waals surface area contributed by atoms with Crippen molar-refractivity contribution in [1.82, 2.24) is 4.98 Å². The quantitative estimate of drug-likeness (QED) is 0.355. The van der Waals surface area contributed by atoms with Crippen LogP contribution in [-0.4, -0.2) is 10.1 Å². The highest BCUT2D eigenvalue weighted by atomic mass is 32.1. The van der Waals surface area contributed by atoms with Crippen LogP contribution in [0.5, 0.6) is 5.75 Å². The molecule has 0 aliphatic carbocycles. The topological polar surface area (TPSA) is 33.1 Å². The van der Waals surface area contributed by atoms with Gasteiger partial charge in [-0.15, -0.1) is 11.3 Å². The maximum absolute atomic E-state index is 10.9. The highest BCUT2D eigenvalue weighted by molar-refractivity contribution is 7.17. The second-order valence-corrected chi connectivity index (χ2v) is 8.25. The van der Waals surface area contributed by atoms with E-state index >= 15 is 0 Å². The van der Waals surface area contributed by atoms with Gasteiger partial charge in [-0.2, -0.15) is 0 Å². The Bertz CT molecular complexity index is 1410. The maximum atomic E-state index is 10.9. The minimum absolute atomic E-state index is 0.289. The first kappa shape index (κ1) is 18.4. The first-order valence-electron chi connectivity index (χ1n) is 9.86. The Labute approximate surface area is 179 Å².